The highest BCUT2D eigenvalue weighted by Crippen LogP contribution is 2.50. The molecule has 2 atom stereocenters. The molecule has 1 aliphatic heterocycles. The van der Waals surface area contributed by atoms with Gasteiger partial charge in [-0.15, -0.1) is 0 Å². The Kier molecular flexibility index (Phi) is 5.26. The number of carbonyl (C=O) groups is 2. The van der Waals surface area contributed by atoms with Gasteiger partial charge in [0.25, 0.3) is 5.79 Å². The summed E-state index contributed by atoms with van der Waals surface area (Å²) in [6, 6.07) is 6.54. The van der Waals surface area contributed by atoms with Crippen LogP contribution in [0.4, 0.5) is 0 Å². The van der Waals surface area contributed by atoms with Crippen LogP contribution in [0.1, 0.15) is 37.2 Å². The van der Waals surface area contributed by atoms with Crippen molar-refractivity contribution in [2.45, 2.75) is 43.0 Å². The Morgan fingerprint density at radius 3 is 2.15 bits per heavy atom. The summed E-state index contributed by atoms with van der Waals surface area (Å²) in [7, 11) is 3.75. The standard InChI is InChI=1S/C20H25NO6/c1-21(2)13-16(14-5-7-15(22)8-6-14)19(25)11-3-4-12-20(19)26-17(23)9-10-18(24)27-20/h5-10,16,22,25H,3-4,11-13H2,1-2H3. The number of hydrogen-bond donors (Lipinski definition) is 2. The summed E-state index contributed by atoms with van der Waals surface area (Å²) in [6.07, 6.45) is 3.95. The molecule has 1 aromatic carbocycles. The molecule has 1 aliphatic carbocycles. The van der Waals surface area contributed by atoms with Crippen LogP contribution in [0.3, 0.4) is 0 Å². The minimum Gasteiger partial charge on any atom is -0.508 e. The van der Waals surface area contributed by atoms with Crippen LogP contribution in [0.2, 0.25) is 0 Å². The first-order chi connectivity index (χ1) is 12.8. The van der Waals surface area contributed by atoms with E-state index < -0.39 is 29.2 Å². The van der Waals surface area contributed by atoms with Gasteiger partial charge in [0.15, 0.2) is 0 Å². The molecule has 1 spiro atoms. The topological polar surface area (TPSA) is 96.3 Å². The number of phenolic OH excluding ortho intramolecular Hbond substituents is 1. The molecular formula is C20H25NO6. The summed E-state index contributed by atoms with van der Waals surface area (Å²) >= 11 is 0. The number of aliphatic hydroxyl groups is 1. The van der Waals surface area contributed by atoms with Crippen LogP contribution in [-0.2, 0) is 19.1 Å². The van der Waals surface area contributed by atoms with E-state index in [0.717, 1.165) is 17.7 Å². The summed E-state index contributed by atoms with van der Waals surface area (Å²) in [5, 5.41) is 21.5. The van der Waals surface area contributed by atoms with Gasteiger partial charge in [0.05, 0.1) is 0 Å². The second-order valence-corrected chi connectivity index (χ2v) is 7.47. The summed E-state index contributed by atoms with van der Waals surface area (Å²) in [5.74, 6) is -3.57. The maximum absolute atomic E-state index is 12.1. The molecule has 0 saturated heterocycles. The lowest BCUT2D eigenvalue weighted by molar-refractivity contribution is -0.308. The molecule has 0 bridgehead atoms. The molecule has 0 radical (unpaired) electrons. The molecule has 27 heavy (non-hydrogen) atoms. The third-order valence-electron chi connectivity index (χ3n) is 5.28. The number of aromatic hydroxyl groups is 1. The van der Waals surface area contributed by atoms with E-state index in [9.17, 15) is 19.8 Å². The molecule has 1 fully saturated rings. The fraction of sp³-hybridized carbons (Fsp3) is 0.500. The van der Waals surface area contributed by atoms with E-state index >= 15 is 0 Å². The Labute approximate surface area is 158 Å². The molecule has 0 amide bonds. The van der Waals surface area contributed by atoms with E-state index in [2.05, 4.69) is 0 Å². The molecule has 1 heterocycles. The Morgan fingerprint density at radius 2 is 1.59 bits per heavy atom. The first-order valence-corrected chi connectivity index (χ1v) is 9.06. The van der Waals surface area contributed by atoms with Crippen molar-refractivity contribution >= 4 is 11.9 Å². The van der Waals surface area contributed by atoms with Crippen LogP contribution < -0.4 is 0 Å². The van der Waals surface area contributed by atoms with Gasteiger partial charge in [-0.25, -0.2) is 9.59 Å². The molecule has 0 aromatic heterocycles. The Morgan fingerprint density at radius 1 is 1.04 bits per heavy atom. The van der Waals surface area contributed by atoms with Crippen molar-refractivity contribution in [3.05, 3.63) is 42.0 Å². The van der Waals surface area contributed by atoms with Crippen LogP contribution in [-0.4, -0.2) is 59.1 Å². The van der Waals surface area contributed by atoms with Gasteiger partial charge in [0.1, 0.15) is 11.4 Å². The molecule has 7 heteroatoms. The second kappa shape index (κ2) is 7.32. The molecule has 2 unspecified atom stereocenters. The van der Waals surface area contributed by atoms with Crippen LogP contribution in [0.15, 0.2) is 36.4 Å². The molecule has 146 valence electrons. The predicted molar refractivity (Wildman–Crippen MR) is 96.9 cm³/mol. The minimum absolute atomic E-state index is 0.115. The lowest BCUT2D eigenvalue weighted by Gasteiger charge is -2.51. The van der Waals surface area contributed by atoms with Crippen LogP contribution in [0, 0.1) is 0 Å². The van der Waals surface area contributed by atoms with Crippen molar-refractivity contribution in [2.24, 2.45) is 0 Å². The van der Waals surface area contributed by atoms with Crippen molar-refractivity contribution in [3.8, 4) is 5.75 Å². The summed E-state index contributed by atoms with van der Waals surface area (Å²) in [6.45, 7) is 0.436. The van der Waals surface area contributed by atoms with Crippen LogP contribution >= 0.6 is 0 Å². The molecular weight excluding hydrogens is 350 g/mol. The third kappa shape index (κ3) is 3.70. The maximum atomic E-state index is 12.1. The molecule has 1 aromatic rings. The Hall–Kier alpha value is -2.38. The quantitative estimate of drug-likeness (QED) is 0.773. The van der Waals surface area contributed by atoms with Crippen molar-refractivity contribution in [3.63, 3.8) is 0 Å². The highest BCUT2D eigenvalue weighted by molar-refractivity contribution is 5.93. The SMILES string of the molecule is CN(C)CC(c1ccc(O)cc1)C1(O)CCCCC12OC(=O)C=CC(=O)O2. The number of likely N-dealkylation sites (N-methyl/N-ethyl adjacent to an activating group) is 1. The zero-order valence-electron chi connectivity index (χ0n) is 15.6. The highest BCUT2D eigenvalue weighted by atomic mass is 16.7. The largest absolute Gasteiger partial charge is 0.508 e. The fourth-order valence-corrected chi connectivity index (χ4v) is 4.03. The zero-order valence-corrected chi connectivity index (χ0v) is 15.6. The Bertz CT molecular complexity index is 721. The molecule has 3 rings (SSSR count). The summed E-state index contributed by atoms with van der Waals surface area (Å²) in [4.78, 5) is 26.2. The minimum atomic E-state index is -1.75. The smallest absolute Gasteiger partial charge is 0.334 e. The van der Waals surface area contributed by atoms with Gasteiger partial charge in [-0.2, -0.15) is 0 Å². The molecule has 2 N–H and O–H groups in total. The predicted octanol–water partition coefficient (Wildman–Crippen LogP) is 1.69. The third-order valence-corrected chi connectivity index (χ3v) is 5.28. The van der Waals surface area contributed by atoms with Crippen molar-refractivity contribution in [1.29, 1.82) is 0 Å². The highest BCUT2D eigenvalue weighted by Gasteiger charge is 2.62. The van der Waals surface area contributed by atoms with Gasteiger partial charge in [-0.3, -0.25) is 0 Å². The van der Waals surface area contributed by atoms with Gasteiger partial charge in [0.2, 0.25) is 0 Å². The van der Waals surface area contributed by atoms with E-state index in [4.69, 9.17) is 9.47 Å². The first-order valence-electron chi connectivity index (χ1n) is 9.06. The lowest BCUT2D eigenvalue weighted by atomic mass is 9.68. The van der Waals surface area contributed by atoms with Crippen molar-refractivity contribution in [1.82, 2.24) is 4.90 Å². The number of hydrogen-bond acceptors (Lipinski definition) is 7. The number of ether oxygens (including phenoxy) is 2. The number of phenols is 1. The van der Waals surface area contributed by atoms with Crippen molar-refractivity contribution < 1.29 is 29.3 Å². The van der Waals surface area contributed by atoms with E-state index in [0.29, 0.717) is 25.8 Å². The van der Waals surface area contributed by atoms with Gasteiger partial charge >= 0.3 is 11.9 Å². The van der Waals surface area contributed by atoms with Crippen LogP contribution in [0.5, 0.6) is 5.75 Å². The second-order valence-electron chi connectivity index (χ2n) is 7.47. The van der Waals surface area contributed by atoms with Gasteiger partial charge < -0.3 is 24.6 Å². The molecule has 1 saturated carbocycles. The summed E-state index contributed by atoms with van der Waals surface area (Å²) in [5.41, 5.74) is -0.848. The van der Waals surface area contributed by atoms with E-state index in [-0.39, 0.29) is 12.2 Å². The van der Waals surface area contributed by atoms with Gasteiger partial charge in [-0.05, 0) is 51.1 Å². The van der Waals surface area contributed by atoms with Crippen molar-refractivity contribution in [2.75, 3.05) is 20.6 Å². The number of benzene rings is 1. The van der Waals surface area contributed by atoms with E-state index in [1.165, 1.54) is 0 Å². The van der Waals surface area contributed by atoms with E-state index in [1.54, 1.807) is 24.3 Å². The number of carbonyl (C=O) groups excluding carboxylic acids is 2. The zero-order chi connectivity index (χ0) is 19.7. The fourth-order valence-electron chi connectivity index (χ4n) is 4.03. The van der Waals surface area contributed by atoms with Gasteiger partial charge in [0, 0.05) is 31.0 Å². The average molecular weight is 375 g/mol. The monoisotopic (exact) mass is 375 g/mol. The number of esters is 2. The number of rotatable bonds is 4. The van der Waals surface area contributed by atoms with Gasteiger partial charge in [-0.1, -0.05) is 12.1 Å². The normalized spacial score (nSPS) is 25.8. The summed E-state index contributed by atoms with van der Waals surface area (Å²) < 4.78 is 11.1. The molecule has 2 aliphatic rings. The van der Waals surface area contributed by atoms with Crippen LogP contribution in [0.25, 0.3) is 0 Å². The average Bonchev–Trinajstić information content (AvgIpc) is 2.75. The first kappa shape index (κ1) is 19.4. The van der Waals surface area contributed by atoms with E-state index in [1.807, 2.05) is 19.0 Å². The molecule has 7 nitrogen and oxygen atoms in total. The Balaban J connectivity index is 2.09. The number of nitrogens with zero attached hydrogens (tertiary/aromatic N) is 1. The maximum Gasteiger partial charge on any atom is 0.334 e. The lowest BCUT2D eigenvalue weighted by Crippen LogP contribution is -2.64.